The van der Waals surface area contributed by atoms with Gasteiger partial charge in [-0.3, -0.25) is 0 Å². The number of nitrogens with zero attached hydrogens (tertiary/aromatic N) is 2. The van der Waals surface area contributed by atoms with Crippen LogP contribution in [0.5, 0.6) is 0 Å². The molecular weight excluding hydrogens is 593 g/mol. The number of fused-ring (bicyclic) bond motifs is 5. The maximum Gasteiger partial charge on any atom is 0.130 e. The Morgan fingerprint density at radius 2 is 1.24 bits per heavy atom. The predicted molar refractivity (Wildman–Crippen MR) is 203 cm³/mol. The van der Waals surface area contributed by atoms with Crippen LogP contribution in [0.2, 0.25) is 0 Å². The fourth-order valence-corrected chi connectivity index (χ4v) is 8.54. The van der Waals surface area contributed by atoms with E-state index in [0.717, 1.165) is 60.4 Å². The van der Waals surface area contributed by atoms with Crippen LogP contribution in [-0.4, -0.2) is 9.97 Å². The number of aryl methyl sites for hydroxylation is 1. The zero-order valence-electron chi connectivity index (χ0n) is 28.3. The number of aromatic nitrogens is 2. The number of allylic oxidation sites excluding steroid dienone is 4. The van der Waals surface area contributed by atoms with Gasteiger partial charge in [-0.25, -0.2) is 9.97 Å². The summed E-state index contributed by atoms with van der Waals surface area (Å²) < 4.78 is 0. The summed E-state index contributed by atoms with van der Waals surface area (Å²) in [6, 6.07) is 46.2. The molecule has 1 aromatic heterocycles. The number of benzene rings is 5. The summed E-state index contributed by atoms with van der Waals surface area (Å²) in [5.74, 6) is 1.22. The van der Waals surface area contributed by atoms with Gasteiger partial charge in [0, 0.05) is 23.0 Å². The van der Waals surface area contributed by atoms with Crippen LogP contribution >= 0.6 is 0 Å². The minimum Gasteiger partial charge on any atom is -0.233 e. The van der Waals surface area contributed by atoms with E-state index < -0.39 is 0 Å². The van der Waals surface area contributed by atoms with E-state index in [1.165, 1.54) is 50.1 Å². The summed E-state index contributed by atoms with van der Waals surface area (Å²) in [5.41, 5.74) is 18.3. The summed E-state index contributed by atoms with van der Waals surface area (Å²) >= 11 is 0. The van der Waals surface area contributed by atoms with Crippen molar-refractivity contribution in [3.05, 3.63) is 173 Å². The second-order valence-corrected chi connectivity index (χ2v) is 14.4. The van der Waals surface area contributed by atoms with Crippen LogP contribution < -0.4 is 0 Å². The van der Waals surface area contributed by atoms with Crippen LogP contribution in [0.3, 0.4) is 0 Å². The summed E-state index contributed by atoms with van der Waals surface area (Å²) in [5, 5.41) is 0. The van der Waals surface area contributed by atoms with Gasteiger partial charge in [0.1, 0.15) is 5.82 Å². The normalized spacial score (nSPS) is 17.1. The van der Waals surface area contributed by atoms with Crippen molar-refractivity contribution in [2.45, 2.75) is 57.3 Å². The Bertz CT molecular complexity index is 2260. The van der Waals surface area contributed by atoms with Crippen LogP contribution in [0.1, 0.15) is 67.1 Å². The lowest BCUT2D eigenvalue weighted by Gasteiger charge is -2.26. The predicted octanol–water partition coefficient (Wildman–Crippen LogP) is 11.8. The van der Waals surface area contributed by atoms with Crippen molar-refractivity contribution in [2.75, 3.05) is 0 Å². The molecule has 3 aliphatic carbocycles. The highest BCUT2D eigenvalue weighted by Crippen LogP contribution is 2.52. The molecule has 2 nitrogen and oxygen atoms in total. The first-order chi connectivity index (χ1) is 24.0. The van der Waals surface area contributed by atoms with Gasteiger partial charge in [0.05, 0.1) is 11.4 Å². The first-order valence-electron chi connectivity index (χ1n) is 17.8. The topological polar surface area (TPSA) is 25.8 Å². The molecule has 0 fully saturated rings. The molecule has 1 atom stereocenters. The third-order valence-corrected chi connectivity index (χ3v) is 11.1. The molecule has 238 valence electrons. The summed E-state index contributed by atoms with van der Waals surface area (Å²) in [7, 11) is 0. The SMILES string of the molecule is CC1(C)C2=C(C=CCC2)c2cc3c(cc21)-c1ccccc1C(Cc1nc(-c2ccccc2)cc(-c2ccc(-c4ccccc4)cc2)n1)CC3. The smallest absolute Gasteiger partial charge is 0.130 e. The quantitative estimate of drug-likeness (QED) is 0.189. The molecule has 49 heavy (non-hydrogen) atoms. The molecule has 3 aliphatic rings. The minimum atomic E-state index is 0.0620. The van der Waals surface area contributed by atoms with E-state index in [1.54, 1.807) is 5.57 Å². The lowest BCUT2D eigenvalue weighted by molar-refractivity contribution is 0.605. The number of hydrogen-bond acceptors (Lipinski definition) is 2. The standard InChI is InChI=1S/C47H40N2/c1-47(2)42-20-12-11-19-39(42)41-27-35-25-26-36(37-17-9-10-18-38(37)40(35)29-43(41)47)28-46-48-44(33-15-7-4-8-16-33)30-45(49-46)34-23-21-32(22-24-34)31-13-5-3-6-14-31/h3-11,13-19,21-24,27,29-30,36H,12,20,25-26,28H2,1-2H3. The van der Waals surface area contributed by atoms with E-state index in [0.29, 0.717) is 5.92 Å². The Morgan fingerprint density at radius 3 is 2.00 bits per heavy atom. The average molecular weight is 633 g/mol. The number of rotatable bonds is 5. The monoisotopic (exact) mass is 632 g/mol. The van der Waals surface area contributed by atoms with Crippen LogP contribution in [0.15, 0.2) is 145 Å². The van der Waals surface area contributed by atoms with Crippen molar-refractivity contribution in [1.29, 1.82) is 0 Å². The molecule has 0 N–H and O–H groups in total. The molecule has 0 saturated carbocycles. The highest BCUT2D eigenvalue weighted by atomic mass is 14.9. The Balaban J connectivity index is 1.10. The lowest BCUT2D eigenvalue weighted by Crippen LogP contribution is -2.18. The highest BCUT2D eigenvalue weighted by molar-refractivity contribution is 5.89. The molecule has 0 radical (unpaired) electrons. The van der Waals surface area contributed by atoms with Crippen LogP contribution in [0.4, 0.5) is 0 Å². The first kappa shape index (κ1) is 29.8. The Morgan fingerprint density at radius 1 is 0.612 bits per heavy atom. The van der Waals surface area contributed by atoms with Crippen molar-refractivity contribution >= 4 is 5.57 Å². The van der Waals surface area contributed by atoms with E-state index in [4.69, 9.17) is 9.97 Å². The molecule has 0 spiro atoms. The average Bonchev–Trinajstić information content (AvgIpc) is 3.27. The van der Waals surface area contributed by atoms with E-state index in [1.807, 2.05) is 0 Å². The number of hydrogen-bond donors (Lipinski definition) is 0. The molecule has 0 amide bonds. The van der Waals surface area contributed by atoms with Gasteiger partial charge in [0.2, 0.25) is 0 Å². The lowest BCUT2D eigenvalue weighted by atomic mass is 9.77. The Kier molecular flexibility index (Phi) is 7.27. The van der Waals surface area contributed by atoms with E-state index in [-0.39, 0.29) is 5.41 Å². The van der Waals surface area contributed by atoms with Crippen LogP contribution in [0, 0.1) is 0 Å². The molecule has 5 aromatic carbocycles. The molecule has 0 bridgehead atoms. The Labute approximate surface area is 290 Å². The van der Waals surface area contributed by atoms with Crippen molar-refractivity contribution in [1.82, 2.24) is 9.97 Å². The Hall–Kier alpha value is -5.34. The second-order valence-electron chi connectivity index (χ2n) is 14.4. The van der Waals surface area contributed by atoms with Gasteiger partial charge in [0.25, 0.3) is 0 Å². The molecular formula is C47H40N2. The fourth-order valence-electron chi connectivity index (χ4n) is 8.54. The van der Waals surface area contributed by atoms with Gasteiger partial charge >= 0.3 is 0 Å². The van der Waals surface area contributed by atoms with E-state index in [9.17, 15) is 0 Å². The van der Waals surface area contributed by atoms with Crippen molar-refractivity contribution in [3.8, 4) is 44.8 Å². The van der Waals surface area contributed by atoms with Gasteiger partial charge in [0.15, 0.2) is 0 Å². The first-order valence-corrected chi connectivity index (χ1v) is 17.8. The van der Waals surface area contributed by atoms with Gasteiger partial charge < -0.3 is 0 Å². The maximum absolute atomic E-state index is 5.27. The maximum atomic E-state index is 5.27. The zero-order chi connectivity index (χ0) is 33.0. The molecule has 6 aromatic rings. The van der Waals surface area contributed by atoms with Crippen molar-refractivity contribution in [3.63, 3.8) is 0 Å². The largest absolute Gasteiger partial charge is 0.233 e. The molecule has 1 unspecified atom stereocenters. The van der Waals surface area contributed by atoms with Gasteiger partial charge in [-0.05, 0) is 93.8 Å². The zero-order valence-corrected chi connectivity index (χ0v) is 28.3. The fraction of sp³-hybridized carbons (Fsp3) is 0.191. The van der Waals surface area contributed by atoms with E-state index >= 15 is 0 Å². The van der Waals surface area contributed by atoms with Crippen LogP contribution in [0.25, 0.3) is 50.3 Å². The van der Waals surface area contributed by atoms with Gasteiger partial charge in [-0.15, -0.1) is 0 Å². The third-order valence-electron chi connectivity index (χ3n) is 11.1. The molecule has 0 aliphatic heterocycles. The van der Waals surface area contributed by atoms with E-state index in [2.05, 4.69) is 153 Å². The molecule has 9 rings (SSSR count). The van der Waals surface area contributed by atoms with Crippen molar-refractivity contribution in [2.24, 2.45) is 0 Å². The highest BCUT2D eigenvalue weighted by Gasteiger charge is 2.38. The summed E-state index contributed by atoms with van der Waals surface area (Å²) in [4.78, 5) is 10.5. The third kappa shape index (κ3) is 5.27. The summed E-state index contributed by atoms with van der Waals surface area (Å²) in [6.07, 6.45) is 9.96. The molecule has 2 heteroatoms. The molecule has 1 heterocycles. The van der Waals surface area contributed by atoms with Crippen LogP contribution in [-0.2, 0) is 18.3 Å². The second kappa shape index (κ2) is 12.0. The van der Waals surface area contributed by atoms with Gasteiger partial charge in [-0.2, -0.15) is 0 Å². The summed E-state index contributed by atoms with van der Waals surface area (Å²) in [6.45, 7) is 4.85. The molecule has 0 saturated heterocycles. The minimum absolute atomic E-state index is 0.0620. The van der Waals surface area contributed by atoms with Gasteiger partial charge in [-0.1, -0.05) is 147 Å². The van der Waals surface area contributed by atoms with Crippen molar-refractivity contribution < 1.29 is 0 Å².